The van der Waals surface area contributed by atoms with Crippen molar-refractivity contribution in [2.24, 2.45) is 0 Å². The molecular weight excluding hydrogens is 268 g/mol. The van der Waals surface area contributed by atoms with E-state index in [-0.39, 0.29) is 5.04 Å². The first-order chi connectivity index (χ1) is 9.21. The molecule has 0 bridgehead atoms. The average Bonchev–Trinajstić information content (AvgIpc) is 2.37. The van der Waals surface area contributed by atoms with Crippen molar-refractivity contribution in [3.63, 3.8) is 0 Å². The highest BCUT2D eigenvalue weighted by molar-refractivity contribution is 6.74. The van der Waals surface area contributed by atoms with Gasteiger partial charge in [-0.25, -0.2) is 0 Å². The third-order valence-electron chi connectivity index (χ3n) is 4.11. The third kappa shape index (κ3) is 4.25. The summed E-state index contributed by atoms with van der Waals surface area (Å²) in [5, 5.41) is 0.255. The Morgan fingerprint density at radius 2 is 1.60 bits per heavy atom. The van der Waals surface area contributed by atoms with Crippen LogP contribution >= 0.6 is 0 Å². The lowest BCUT2D eigenvalue weighted by atomic mass is 10.1. The molecule has 0 amide bonds. The van der Waals surface area contributed by atoms with Crippen LogP contribution in [0.15, 0.2) is 18.2 Å². The van der Waals surface area contributed by atoms with Gasteiger partial charge in [0.15, 0.2) is 19.8 Å². The van der Waals surface area contributed by atoms with Gasteiger partial charge in [-0.3, -0.25) is 0 Å². The van der Waals surface area contributed by atoms with E-state index >= 15 is 0 Å². The fourth-order valence-electron chi connectivity index (χ4n) is 1.68. The summed E-state index contributed by atoms with van der Waals surface area (Å²) in [7, 11) is 1.66. The summed E-state index contributed by atoms with van der Waals surface area (Å²) in [6.45, 7) is 12.1. The van der Waals surface area contributed by atoms with Gasteiger partial charge in [0.2, 0.25) is 0 Å². The van der Waals surface area contributed by atoms with Crippen LogP contribution in [0.1, 0.15) is 26.3 Å². The molecular formula is C16H28O3Si. The molecule has 0 spiro atoms. The van der Waals surface area contributed by atoms with Crippen LogP contribution in [0.25, 0.3) is 0 Å². The quantitative estimate of drug-likeness (QED) is 0.734. The summed E-state index contributed by atoms with van der Waals surface area (Å²) in [6.07, 6.45) is 0.896. The zero-order valence-corrected chi connectivity index (χ0v) is 14.9. The Labute approximate surface area is 124 Å². The van der Waals surface area contributed by atoms with Crippen LogP contribution in [0, 0.1) is 0 Å². The Hall–Kier alpha value is -1.00. The second kappa shape index (κ2) is 6.63. The van der Waals surface area contributed by atoms with Gasteiger partial charge in [0.1, 0.15) is 0 Å². The van der Waals surface area contributed by atoms with Crippen LogP contribution in [0.4, 0.5) is 0 Å². The predicted octanol–water partition coefficient (Wildman–Crippen LogP) is 4.27. The van der Waals surface area contributed by atoms with Gasteiger partial charge in [0, 0.05) is 6.61 Å². The van der Waals surface area contributed by atoms with E-state index in [2.05, 4.69) is 39.9 Å². The molecule has 1 rings (SSSR count). The molecule has 0 saturated heterocycles. The number of hydrogen-bond acceptors (Lipinski definition) is 3. The molecule has 0 aromatic heterocycles. The second-order valence-corrected chi connectivity index (χ2v) is 11.4. The number of methoxy groups -OCH3 is 2. The van der Waals surface area contributed by atoms with Crippen molar-refractivity contribution < 1.29 is 13.9 Å². The molecule has 114 valence electrons. The summed E-state index contributed by atoms with van der Waals surface area (Å²) in [5.74, 6) is 1.54. The van der Waals surface area contributed by atoms with E-state index in [0.29, 0.717) is 0 Å². The minimum Gasteiger partial charge on any atom is -0.493 e. The Morgan fingerprint density at radius 3 is 2.10 bits per heavy atom. The first kappa shape index (κ1) is 17.0. The summed E-state index contributed by atoms with van der Waals surface area (Å²) >= 11 is 0. The molecule has 0 heterocycles. The van der Waals surface area contributed by atoms with Crippen molar-refractivity contribution in [3.05, 3.63) is 23.8 Å². The summed E-state index contributed by atoms with van der Waals surface area (Å²) < 4.78 is 16.8. The van der Waals surface area contributed by atoms with Crippen molar-refractivity contribution in [1.29, 1.82) is 0 Å². The second-order valence-electron chi connectivity index (χ2n) is 6.55. The minimum atomic E-state index is -1.65. The van der Waals surface area contributed by atoms with Gasteiger partial charge in [0.25, 0.3) is 0 Å². The van der Waals surface area contributed by atoms with Crippen LogP contribution in [0.2, 0.25) is 18.1 Å². The first-order valence-electron chi connectivity index (χ1n) is 7.06. The summed E-state index contributed by atoms with van der Waals surface area (Å²) in [5.41, 5.74) is 1.21. The lowest BCUT2D eigenvalue weighted by molar-refractivity contribution is 0.291. The third-order valence-corrected chi connectivity index (χ3v) is 8.65. The molecule has 3 nitrogen and oxygen atoms in total. The summed E-state index contributed by atoms with van der Waals surface area (Å²) in [6, 6.07) is 6.03. The zero-order chi connectivity index (χ0) is 15.4. The van der Waals surface area contributed by atoms with Crippen LogP contribution < -0.4 is 9.47 Å². The van der Waals surface area contributed by atoms with E-state index in [1.807, 2.05) is 12.1 Å². The molecule has 0 aliphatic rings. The fraction of sp³-hybridized carbons (Fsp3) is 0.625. The van der Waals surface area contributed by atoms with Crippen molar-refractivity contribution in [2.75, 3.05) is 20.8 Å². The maximum atomic E-state index is 6.19. The van der Waals surface area contributed by atoms with E-state index in [1.165, 1.54) is 5.56 Å². The zero-order valence-electron chi connectivity index (χ0n) is 13.9. The monoisotopic (exact) mass is 296 g/mol. The molecule has 0 unspecified atom stereocenters. The fourth-order valence-corrected chi connectivity index (χ4v) is 2.72. The molecule has 0 radical (unpaired) electrons. The van der Waals surface area contributed by atoms with Crippen molar-refractivity contribution >= 4 is 8.32 Å². The lowest BCUT2D eigenvalue weighted by Crippen LogP contribution is -2.41. The van der Waals surface area contributed by atoms with Gasteiger partial charge in [0.05, 0.1) is 14.2 Å². The van der Waals surface area contributed by atoms with E-state index in [1.54, 1.807) is 14.2 Å². The topological polar surface area (TPSA) is 27.7 Å². The van der Waals surface area contributed by atoms with E-state index in [9.17, 15) is 0 Å². The number of ether oxygens (including phenoxy) is 2. The maximum absolute atomic E-state index is 6.19. The van der Waals surface area contributed by atoms with Gasteiger partial charge in [-0.15, -0.1) is 0 Å². The molecule has 4 heteroatoms. The summed E-state index contributed by atoms with van der Waals surface area (Å²) in [4.78, 5) is 0. The maximum Gasteiger partial charge on any atom is 0.191 e. The van der Waals surface area contributed by atoms with Crippen molar-refractivity contribution in [1.82, 2.24) is 0 Å². The molecule has 0 aliphatic carbocycles. The van der Waals surface area contributed by atoms with Gasteiger partial charge >= 0.3 is 0 Å². The van der Waals surface area contributed by atoms with Crippen LogP contribution in [-0.2, 0) is 10.8 Å². The Kier molecular flexibility index (Phi) is 5.65. The molecule has 0 saturated carbocycles. The molecule has 0 fully saturated rings. The van der Waals surface area contributed by atoms with E-state index in [0.717, 1.165) is 24.5 Å². The lowest BCUT2D eigenvalue weighted by Gasteiger charge is -2.36. The number of benzene rings is 1. The van der Waals surface area contributed by atoms with Crippen LogP contribution in [0.3, 0.4) is 0 Å². The molecule has 1 aromatic carbocycles. The van der Waals surface area contributed by atoms with Gasteiger partial charge in [-0.2, -0.15) is 0 Å². The highest BCUT2D eigenvalue weighted by atomic mass is 28.4. The Morgan fingerprint density at radius 1 is 1.00 bits per heavy atom. The molecule has 0 atom stereocenters. The predicted molar refractivity (Wildman–Crippen MR) is 86.4 cm³/mol. The van der Waals surface area contributed by atoms with Gasteiger partial charge < -0.3 is 13.9 Å². The van der Waals surface area contributed by atoms with Crippen LogP contribution in [-0.4, -0.2) is 29.1 Å². The standard InChI is InChI=1S/C16H28O3Si/c1-16(2,3)20(6,7)19-11-10-13-8-9-14(17-4)15(12-13)18-5/h8-9,12H,10-11H2,1-7H3. The average molecular weight is 296 g/mol. The highest BCUT2D eigenvalue weighted by Gasteiger charge is 2.36. The number of hydrogen-bond donors (Lipinski definition) is 0. The van der Waals surface area contributed by atoms with E-state index in [4.69, 9.17) is 13.9 Å². The van der Waals surface area contributed by atoms with Gasteiger partial charge in [-0.1, -0.05) is 26.8 Å². The molecule has 1 aromatic rings. The number of rotatable bonds is 6. The SMILES string of the molecule is COc1ccc(CCO[Si](C)(C)C(C)(C)C)cc1OC. The smallest absolute Gasteiger partial charge is 0.191 e. The normalized spacial score (nSPS) is 12.3. The van der Waals surface area contributed by atoms with Crippen molar-refractivity contribution in [3.8, 4) is 11.5 Å². The molecule has 20 heavy (non-hydrogen) atoms. The molecule has 0 N–H and O–H groups in total. The largest absolute Gasteiger partial charge is 0.493 e. The van der Waals surface area contributed by atoms with Gasteiger partial charge in [-0.05, 0) is 42.2 Å². The van der Waals surface area contributed by atoms with Crippen LogP contribution in [0.5, 0.6) is 11.5 Å². The van der Waals surface area contributed by atoms with E-state index < -0.39 is 8.32 Å². The first-order valence-corrected chi connectivity index (χ1v) is 9.97. The van der Waals surface area contributed by atoms with Crippen molar-refractivity contribution in [2.45, 2.75) is 45.3 Å². The molecule has 0 aliphatic heterocycles. The Bertz CT molecular complexity index is 436. The minimum absolute atomic E-state index is 0.255. The Balaban J connectivity index is 2.63. The highest BCUT2D eigenvalue weighted by Crippen LogP contribution is 2.36.